The van der Waals surface area contributed by atoms with Crippen molar-refractivity contribution >= 4 is 0 Å². The molecule has 0 saturated carbocycles. The van der Waals surface area contributed by atoms with E-state index in [0.717, 1.165) is 5.56 Å². The van der Waals surface area contributed by atoms with Gasteiger partial charge in [-0.05, 0) is 12.1 Å². The van der Waals surface area contributed by atoms with E-state index in [2.05, 4.69) is 20.2 Å². The third-order valence-electron chi connectivity index (χ3n) is 3.17. The molecule has 0 aliphatic carbocycles. The zero-order valence-corrected chi connectivity index (χ0v) is 12.4. The molecule has 22 heavy (non-hydrogen) atoms. The highest BCUT2D eigenvalue weighted by Crippen LogP contribution is 2.43. The molecular weight excluding hydrogens is 286 g/mol. The normalized spacial score (nSPS) is 10.5. The number of imidazole rings is 1. The lowest BCUT2D eigenvalue weighted by molar-refractivity contribution is 0.325. The maximum atomic E-state index is 5.45. The number of benzene rings is 1. The highest BCUT2D eigenvalue weighted by atomic mass is 16.5. The van der Waals surface area contributed by atoms with Gasteiger partial charge in [0.15, 0.2) is 17.3 Å². The smallest absolute Gasteiger partial charge is 0.254 e. The summed E-state index contributed by atoms with van der Waals surface area (Å²) in [6, 6.07) is 3.62. The van der Waals surface area contributed by atoms with Crippen molar-refractivity contribution in [3.05, 3.63) is 30.9 Å². The molecular formula is C14H15N5O3. The lowest BCUT2D eigenvalue weighted by atomic mass is 10.1. The number of aromatic nitrogens is 5. The van der Waals surface area contributed by atoms with Crippen molar-refractivity contribution < 1.29 is 14.2 Å². The first-order valence-electron chi connectivity index (χ1n) is 6.48. The molecule has 0 aliphatic heterocycles. The van der Waals surface area contributed by atoms with Gasteiger partial charge in [0.2, 0.25) is 5.75 Å². The Labute approximate surface area is 126 Å². The van der Waals surface area contributed by atoms with Crippen molar-refractivity contribution in [3.63, 3.8) is 0 Å². The third-order valence-corrected chi connectivity index (χ3v) is 3.17. The van der Waals surface area contributed by atoms with E-state index < -0.39 is 0 Å². The predicted molar refractivity (Wildman–Crippen MR) is 78.6 cm³/mol. The Bertz CT molecular complexity index is 767. The molecule has 0 atom stereocenters. The zero-order valence-electron chi connectivity index (χ0n) is 12.4. The summed E-state index contributed by atoms with van der Waals surface area (Å²) in [7, 11) is 4.69. The molecule has 8 heteroatoms. The number of aromatic amines is 1. The van der Waals surface area contributed by atoms with Crippen LogP contribution in [0, 0.1) is 0 Å². The van der Waals surface area contributed by atoms with E-state index in [4.69, 9.17) is 14.2 Å². The highest BCUT2D eigenvalue weighted by Gasteiger charge is 2.19. The van der Waals surface area contributed by atoms with Gasteiger partial charge in [-0.25, -0.2) is 4.98 Å². The molecule has 2 heterocycles. The first kappa shape index (κ1) is 13.9. The monoisotopic (exact) mass is 301 g/mol. The summed E-state index contributed by atoms with van der Waals surface area (Å²) in [6.07, 6.45) is 5.05. The topological polar surface area (TPSA) is 87.1 Å². The van der Waals surface area contributed by atoms with Crippen LogP contribution in [0.5, 0.6) is 17.2 Å². The summed E-state index contributed by atoms with van der Waals surface area (Å²) in [4.78, 5) is 8.41. The van der Waals surface area contributed by atoms with Gasteiger partial charge in [-0.2, -0.15) is 4.98 Å². The largest absolute Gasteiger partial charge is 0.493 e. The molecule has 1 aromatic carbocycles. The number of hydrogen-bond donors (Lipinski definition) is 1. The summed E-state index contributed by atoms with van der Waals surface area (Å²) < 4.78 is 17.8. The van der Waals surface area contributed by atoms with Gasteiger partial charge in [0, 0.05) is 12.4 Å². The van der Waals surface area contributed by atoms with Crippen LogP contribution < -0.4 is 14.2 Å². The quantitative estimate of drug-likeness (QED) is 0.771. The lowest BCUT2D eigenvalue weighted by Gasteiger charge is -2.14. The maximum absolute atomic E-state index is 5.45. The van der Waals surface area contributed by atoms with Crippen molar-refractivity contribution in [1.29, 1.82) is 0 Å². The van der Waals surface area contributed by atoms with E-state index in [1.807, 2.05) is 6.07 Å². The molecule has 0 aliphatic rings. The number of rotatable bonds is 5. The lowest BCUT2D eigenvalue weighted by Crippen LogP contribution is -1.97. The Balaban J connectivity index is 2.08. The first-order chi connectivity index (χ1) is 10.8. The van der Waals surface area contributed by atoms with Gasteiger partial charge < -0.3 is 14.2 Å². The molecule has 0 amide bonds. The summed E-state index contributed by atoms with van der Waals surface area (Å²) in [6.45, 7) is 0. The molecule has 114 valence electrons. The van der Waals surface area contributed by atoms with Crippen LogP contribution in [0.1, 0.15) is 0 Å². The van der Waals surface area contributed by atoms with Crippen molar-refractivity contribution in [2.75, 3.05) is 21.3 Å². The Kier molecular flexibility index (Phi) is 3.65. The van der Waals surface area contributed by atoms with Crippen LogP contribution in [-0.4, -0.2) is 46.1 Å². The van der Waals surface area contributed by atoms with Crippen molar-refractivity contribution in [1.82, 2.24) is 24.7 Å². The molecule has 0 saturated heterocycles. The maximum Gasteiger partial charge on any atom is 0.254 e. The minimum Gasteiger partial charge on any atom is -0.493 e. The fourth-order valence-corrected chi connectivity index (χ4v) is 2.15. The SMILES string of the molecule is COc1ccc(-c2nc(-n3ccnc3)n[nH]2)c(OC)c1OC. The third kappa shape index (κ3) is 2.24. The molecule has 0 spiro atoms. The van der Waals surface area contributed by atoms with E-state index in [1.54, 1.807) is 50.7 Å². The molecule has 3 rings (SSSR count). The number of H-pyrrole nitrogens is 1. The number of methoxy groups -OCH3 is 3. The fourth-order valence-electron chi connectivity index (χ4n) is 2.15. The molecule has 3 aromatic rings. The second kappa shape index (κ2) is 5.76. The Hall–Kier alpha value is -3.03. The Morgan fingerprint density at radius 3 is 2.50 bits per heavy atom. The van der Waals surface area contributed by atoms with E-state index in [9.17, 15) is 0 Å². The van der Waals surface area contributed by atoms with Crippen LogP contribution in [0.2, 0.25) is 0 Å². The summed E-state index contributed by atoms with van der Waals surface area (Å²) in [5.74, 6) is 2.65. The molecule has 8 nitrogen and oxygen atoms in total. The Morgan fingerprint density at radius 1 is 1.05 bits per heavy atom. The van der Waals surface area contributed by atoms with Gasteiger partial charge >= 0.3 is 0 Å². The number of nitrogens with one attached hydrogen (secondary N) is 1. The van der Waals surface area contributed by atoms with Crippen LogP contribution in [-0.2, 0) is 0 Å². The first-order valence-corrected chi connectivity index (χ1v) is 6.48. The molecule has 0 unspecified atom stereocenters. The second-order valence-corrected chi connectivity index (χ2v) is 4.34. The number of hydrogen-bond acceptors (Lipinski definition) is 6. The average Bonchev–Trinajstić information content (AvgIpc) is 3.23. The van der Waals surface area contributed by atoms with Gasteiger partial charge in [0.05, 0.1) is 26.9 Å². The van der Waals surface area contributed by atoms with Crippen molar-refractivity contribution in [3.8, 4) is 34.6 Å². The standard InChI is InChI=1S/C14H15N5O3/c1-20-10-5-4-9(11(21-2)12(10)22-3)13-16-14(18-17-13)19-7-6-15-8-19/h4-8H,1-3H3,(H,16,17,18). The van der Waals surface area contributed by atoms with Gasteiger partial charge in [-0.3, -0.25) is 9.67 Å². The number of ether oxygens (including phenoxy) is 3. The highest BCUT2D eigenvalue weighted by molar-refractivity contribution is 5.72. The second-order valence-electron chi connectivity index (χ2n) is 4.34. The van der Waals surface area contributed by atoms with Gasteiger partial charge in [0.25, 0.3) is 5.95 Å². The minimum absolute atomic E-state index is 0.490. The summed E-state index contributed by atoms with van der Waals surface area (Å²) in [5, 5.41) is 7.06. The van der Waals surface area contributed by atoms with E-state index in [1.165, 1.54) is 0 Å². The van der Waals surface area contributed by atoms with Crippen molar-refractivity contribution in [2.45, 2.75) is 0 Å². The van der Waals surface area contributed by atoms with Crippen LogP contribution in [0.4, 0.5) is 0 Å². The van der Waals surface area contributed by atoms with Gasteiger partial charge in [0.1, 0.15) is 6.33 Å². The van der Waals surface area contributed by atoms with E-state index >= 15 is 0 Å². The summed E-state index contributed by atoms with van der Waals surface area (Å²) >= 11 is 0. The van der Waals surface area contributed by atoms with Crippen LogP contribution in [0.25, 0.3) is 17.3 Å². The number of nitrogens with zero attached hydrogens (tertiary/aromatic N) is 4. The molecule has 0 radical (unpaired) electrons. The fraction of sp³-hybridized carbons (Fsp3) is 0.214. The zero-order chi connectivity index (χ0) is 15.5. The van der Waals surface area contributed by atoms with Gasteiger partial charge in [-0.1, -0.05) is 0 Å². The van der Waals surface area contributed by atoms with Crippen molar-refractivity contribution in [2.24, 2.45) is 0 Å². The van der Waals surface area contributed by atoms with Crippen LogP contribution in [0.15, 0.2) is 30.9 Å². The molecule has 0 fully saturated rings. The van der Waals surface area contributed by atoms with Crippen LogP contribution in [0.3, 0.4) is 0 Å². The van der Waals surface area contributed by atoms with E-state index in [0.29, 0.717) is 29.0 Å². The van der Waals surface area contributed by atoms with Gasteiger partial charge in [-0.15, -0.1) is 5.10 Å². The van der Waals surface area contributed by atoms with E-state index in [-0.39, 0.29) is 0 Å². The molecule has 0 bridgehead atoms. The molecule has 2 aromatic heterocycles. The minimum atomic E-state index is 0.490. The summed E-state index contributed by atoms with van der Waals surface area (Å²) in [5.41, 5.74) is 0.721. The molecule has 1 N–H and O–H groups in total. The van der Waals surface area contributed by atoms with Crippen LogP contribution >= 0.6 is 0 Å². The average molecular weight is 301 g/mol. The predicted octanol–water partition coefficient (Wildman–Crippen LogP) is 1.68. The Morgan fingerprint density at radius 2 is 1.86 bits per heavy atom.